The molecule has 22 heavy (non-hydrogen) atoms. The number of nitrogens with two attached hydrogens (primary N) is 1. The van der Waals surface area contributed by atoms with Crippen LogP contribution in [0, 0.1) is 0 Å². The monoisotopic (exact) mass is 328 g/mol. The highest BCUT2D eigenvalue weighted by Gasteiger charge is 2.21. The van der Waals surface area contributed by atoms with E-state index in [1.165, 1.54) is 0 Å². The summed E-state index contributed by atoms with van der Waals surface area (Å²) in [5, 5.41) is 0. The first-order valence-corrected chi connectivity index (χ1v) is 9.20. The maximum Gasteiger partial charge on any atom is 0.152 e. The normalized spacial score (nSPS) is 18.1. The third-order valence-corrected chi connectivity index (χ3v) is 5.62. The molecule has 1 saturated heterocycles. The Morgan fingerprint density at radius 2 is 1.86 bits per heavy atom. The number of methoxy groups -OCH3 is 2. The van der Waals surface area contributed by atoms with Gasteiger partial charge in [-0.2, -0.15) is 0 Å². The Kier molecular flexibility index (Phi) is 5.52. The van der Waals surface area contributed by atoms with Gasteiger partial charge in [0.2, 0.25) is 0 Å². The van der Waals surface area contributed by atoms with E-state index in [0.29, 0.717) is 24.5 Å². The van der Waals surface area contributed by atoms with Crippen LogP contribution < -0.4 is 15.2 Å². The number of anilines is 1. The summed E-state index contributed by atoms with van der Waals surface area (Å²) < 4.78 is 33.4. The number of benzene rings is 1. The molecule has 1 aromatic carbocycles. The zero-order chi connectivity index (χ0) is 16.2. The Balaban J connectivity index is 1.92. The van der Waals surface area contributed by atoms with Gasteiger partial charge in [0.1, 0.15) is 11.5 Å². The summed E-state index contributed by atoms with van der Waals surface area (Å²) in [6.07, 6.45) is 1.70. The van der Waals surface area contributed by atoms with E-state index in [2.05, 4.69) is 4.90 Å². The van der Waals surface area contributed by atoms with E-state index in [4.69, 9.17) is 15.2 Å². The Bertz CT molecular complexity index is 602. The van der Waals surface area contributed by atoms with Crippen LogP contribution in [0.5, 0.6) is 11.5 Å². The molecule has 1 aliphatic heterocycles. The van der Waals surface area contributed by atoms with Gasteiger partial charge in [-0.1, -0.05) is 0 Å². The Labute approximate surface area is 132 Å². The van der Waals surface area contributed by atoms with Crippen LogP contribution in [0.1, 0.15) is 12.0 Å². The number of nitrogen functional groups attached to an aromatic ring is 1. The lowest BCUT2D eigenvalue weighted by molar-refractivity contribution is 0.291. The second-order valence-electron chi connectivity index (χ2n) is 5.49. The fourth-order valence-electron chi connectivity index (χ4n) is 2.66. The lowest BCUT2D eigenvalue weighted by Crippen LogP contribution is -2.40. The Morgan fingerprint density at radius 1 is 1.18 bits per heavy atom. The van der Waals surface area contributed by atoms with Gasteiger partial charge in [-0.25, -0.2) is 8.42 Å². The van der Waals surface area contributed by atoms with E-state index in [1.54, 1.807) is 20.3 Å². The van der Waals surface area contributed by atoms with Gasteiger partial charge in [0.05, 0.1) is 25.7 Å². The van der Waals surface area contributed by atoms with E-state index in [0.717, 1.165) is 30.7 Å². The van der Waals surface area contributed by atoms with Crippen LogP contribution in [0.4, 0.5) is 5.69 Å². The van der Waals surface area contributed by atoms with Crippen molar-refractivity contribution in [1.29, 1.82) is 0 Å². The Hall–Kier alpha value is -1.47. The number of nitrogens with zero attached hydrogens (tertiary/aromatic N) is 1. The minimum Gasteiger partial charge on any atom is -0.497 e. The molecular weight excluding hydrogens is 304 g/mol. The molecule has 0 bridgehead atoms. The fourth-order valence-corrected chi connectivity index (χ4v) is 3.94. The van der Waals surface area contributed by atoms with Gasteiger partial charge in [-0.05, 0) is 19.4 Å². The van der Waals surface area contributed by atoms with Crippen LogP contribution in [-0.2, 0) is 16.3 Å². The van der Waals surface area contributed by atoms with Crippen molar-refractivity contribution in [2.75, 3.05) is 51.1 Å². The van der Waals surface area contributed by atoms with Gasteiger partial charge in [-0.15, -0.1) is 0 Å². The highest BCUT2D eigenvalue weighted by Crippen LogP contribution is 2.31. The van der Waals surface area contributed by atoms with Crippen molar-refractivity contribution in [3.8, 4) is 11.5 Å². The van der Waals surface area contributed by atoms with Crippen molar-refractivity contribution in [3.63, 3.8) is 0 Å². The van der Waals surface area contributed by atoms with Crippen LogP contribution in [0.2, 0.25) is 0 Å². The molecule has 1 fully saturated rings. The van der Waals surface area contributed by atoms with Gasteiger partial charge in [0.25, 0.3) is 0 Å². The van der Waals surface area contributed by atoms with Gasteiger partial charge >= 0.3 is 0 Å². The van der Waals surface area contributed by atoms with E-state index < -0.39 is 9.84 Å². The smallest absolute Gasteiger partial charge is 0.152 e. The van der Waals surface area contributed by atoms with E-state index in [9.17, 15) is 8.42 Å². The molecule has 0 spiro atoms. The molecule has 6 nitrogen and oxygen atoms in total. The first-order chi connectivity index (χ1) is 10.4. The molecule has 1 heterocycles. The third-order valence-electron chi connectivity index (χ3n) is 4.01. The average Bonchev–Trinajstić information content (AvgIpc) is 2.49. The largest absolute Gasteiger partial charge is 0.497 e. The SMILES string of the molecule is COc1cc(N)c(CCCN2CCS(=O)(=O)CC2)c(OC)c1. The quantitative estimate of drug-likeness (QED) is 0.783. The van der Waals surface area contributed by atoms with Crippen molar-refractivity contribution in [2.45, 2.75) is 12.8 Å². The van der Waals surface area contributed by atoms with E-state index in [1.807, 2.05) is 6.07 Å². The maximum atomic E-state index is 11.4. The molecule has 124 valence electrons. The fraction of sp³-hybridized carbons (Fsp3) is 0.600. The topological polar surface area (TPSA) is 81.9 Å². The summed E-state index contributed by atoms with van der Waals surface area (Å²) in [4.78, 5) is 2.19. The highest BCUT2D eigenvalue weighted by molar-refractivity contribution is 7.91. The lowest BCUT2D eigenvalue weighted by atomic mass is 10.1. The molecule has 0 unspecified atom stereocenters. The second kappa shape index (κ2) is 7.19. The molecule has 0 aliphatic carbocycles. The van der Waals surface area contributed by atoms with Crippen LogP contribution in [0.25, 0.3) is 0 Å². The summed E-state index contributed by atoms with van der Waals surface area (Å²) in [7, 11) is 0.400. The number of ether oxygens (including phenoxy) is 2. The summed E-state index contributed by atoms with van der Waals surface area (Å²) in [6.45, 7) is 2.11. The maximum absolute atomic E-state index is 11.4. The van der Waals surface area contributed by atoms with Crippen LogP contribution in [0.3, 0.4) is 0 Å². The third kappa shape index (κ3) is 4.27. The van der Waals surface area contributed by atoms with E-state index in [-0.39, 0.29) is 11.5 Å². The van der Waals surface area contributed by atoms with Crippen LogP contribution in [-0.4, -0.2) is 58.7 Å². The predicted molar refractivity (Wildman–Crippen MR) is 87.4 cm³/mol. The molecular formula is C15H24N2O4S. The summed E-state index contributed by atoms with van der Waals surface area (Å²) in [6, 6.07) is 3.63. The van der Waals surface area contributed by atoms with Crippen molar-refractivity contribution < 1.29 is 17.9 Å². The van der Waals surface area contributed by atoms with E-state index >= 15 is 0 Å². The molecule has 2 rings (SSSR count). The average molecular weight is 328 g/mol. The minimum absolute atomic E-state index is 0.265. The molecule has 1 aliphatic rings. The molecule has 0 aromatic heterocycles. The van der Waals surface area contributed by atoms with Crippen LogP contribution >= 0.6 is 0 Å². The summed E-state index contributed by atoms with van der Waals surface area (Å²) in [5.41, 5.74) is 7.72. The highest BCUT2D eigenvalue weighted by atomic mass is 32.2. The zero-order valence-corrected chi connectivity index (χ0v) is 14.0. The van der Waals surface area contributed by atoms with Gasteiger partial charge in [0, 0.05) is 36.5 Å². The second-order valence-corrected chi connectivity index (χ2v) is 7.80. The zero-order valence-electron chi connectivity index (χ0n) is 13.2. The summed E-state index contributed by atoms with van der Waals surface area (Å²) >= 11 is 0. The number of hydrogen-bond donors (Lipinski definition) is 1. The molecule has 0 atom stereocenters. The van der Waals surface area contributed by atoms with Crippen molar-refractivity contribution in [3.05, 3.63) is 17.7 Å². The molecule has 2 N–H and O–H groups in total. The first-order valence-electron chi connectivity index (χ1n) is 7.38. The molecule has 0 saturated carbocycles. The molecule has 0 amide bonds. The van der Waals surface area contributed by atoms with Crippen molar-refractivity contribution in [1.82, 2.24) is 4.90 Å². The minimum atomic E-state index is -2.81. The van der Waals surface area contributed by atoms with Gasteiger partial charge in [-0.3, -0.25) is 0 Å². The molecule has 7 heteroatoms. The van der Waals surface area contributed by atoms with Gasteiger partial charge < -0.3 is 20.1 Å². The number of rotatable bonds is 6. The van der Waals surface area contributed by atoms with Gasteiger partial charge in [0.15, 0.2) is 9.84 Å². The number of sulfone groups is 1. The lowest BCUT2D eigenvalue weighted by Gasteiger charge is -2.26. The standard InChI is InChI=1S/C15H24N2O4S/c1-20-12-10-14(16)13(15(11-12)21-2)4-3-5-17-6-8-22(18,19)9-7-17/h10-11H,3-9,16H2,1-2H3. The molecule has 0 radical (unpaired) electrons. The van der Waals surface area contributed by atoms with Crippen molar-refractivity contribution in [2.24, 2.45) is 0 Å². The first kappa shape index (κ1) is 16.9. The Morgan fingerprint density at radius 3 is 2.45 bits per heavy atom. The van der Waals surface area contributed by atoms with Crippen molar-refractivity contribution >= 4 is 15.5 Å². The van der Waals surface area contributed by atoms with Crippen LogP contribution in [0.15, 0.2) is 12.1 Å². The predicted octanol–water partition coefficient (Wildman–Crippen LogP) is 0.949. The number of hydrogen-bond acceptors (Lipinski definition) is 6. The molecule has 1 aromatic rings. The summed E-state index contributed by atoms with van der Waals surface area (Å²) in [5.74, 6) is 1.94.